The first-order valence-electron chi connectivity index (χ1n) is 10.1. The van der Waals surface area contributed by atoms with E-state index in [1.807, 2.05) is 18.3 Å². The molecule has 1 aromatic carbocycles. The molecule has 3 heterocycles. The lowest BCUT2D eigenvalue weighted by Crippen LogP contribution is -2.51. The van der Waals surface area contributed by atoms with E-state index in [0.29, 0.717) is 12.0 Å². The lowest BCUT2D eigenvalue weighted by Gasteiger charge is -2.37. The number of nitrogens with one attached hydrogen (secondary N) is 2. The van der Waals surface area contributed by atoms with Crippen LogP contribution in [-0.2, 0) is 16.0 Å². The van der Waals surface area contributed by atoms with Crippen LogP contribution in [0.15, 0.2) is 30.5 Å². The van der Waals surface area contributed by atoms with E-state index in [1.54, 1.807) is 7.11 Å². The summed E-state index contributed by atoms with van der Waals surface area (Å²) in [5, 5.41) is 11.1. The lowest BCUT2D eigenvalue weighted by atomic mass is 9.96. The molecule has 0 radical (unpaired) electrons. The van der Waals surface area contributed by atoms with Crippen LogP contribution in [-0.4, -0.2) is 74.3 Å². The molecule has 7 heteroatoms. The highest BCUT2D eigenvalue weighted by atomic mass is 16.5. The number of benzene rings is 1. The molecular formula is C21H30N4O3. The Morgan fingerprint density at radius 3 is 2.75 bits per heavy atom. The zero-order chi connectivity index (χ0) is 19.2. The van der Waals surface area contributed by atoms with Gasteiger partial charge in [0.2, 0.25) is 0 Å². The van der Waals surface area contributed by atoms with Crippen LogP contribution in [0.25, 0.3) is 11.3 Å². The molecule has 7 nitrogen and oxygen atoms in total. The summed E-state index contributed by atoms with van der Waals surface area (Å²) in [6, 6.07) is 8.55. The second kappa shape index (κ2) is 9.52. The molecule has 2 atom stereocenters. The van der Waals surface area contributed by atoms with Crippen LogP contribution >= 0.6 is 0 Å². The molecule has 0 saturated carbocycles. The standard InChI is InChI=1S/C21H30N4O3/c1-26-19-4-2-16(3-5-19)21-18(13-23-24-21)12-22-14-20(17-6-9-28-15-17)25-7-10-27-11-8-25/h2-5,13,17,20,22H,6-12,14-15H2,1H3,(H,23,24). The van der Waals surface area contributed by atoms with Gasteiger partial charge in [-0.2, -0.15) is 5.10 Å². The Morgan fingerprint density at radius 2 is 2.04 bits per heavy atom. The highest BCUT2D eigenvalue weighted by molar-refractivity contribution is 5.63. The second-order valence-corrected chi connectivity index (χ2v) is 7.47. The van der Waals surface area contributed by atoms with Crippen LogP contribution in [0, 0.1) is 5.92 Å². The lowest BCUT2D eigenvalue weighted by molar-refractivity contribution is 0.00137. The van der Waals surface area contributed by atoms with Crippen molar-refractivity contribution in [3.05, 3.63) is 36.0 Å². The van der Waals surface area contributed by atoms with E-state index in [0.717, 1.165) is 76.0 Å². The summed E-state index contributed by atoms with van der Waals surface area (Å²) in [7, 11) is 1.68. The quantitative estimate of drug-likeness (QED) is 0.722. The molecule has 0 spiro atoms. The van der Waals surface area contributed by atoms with Gasteiger partial charge in [-0.05, 0) is 30.7 Å². The minimum Gasteiger partial charge on any atom is -0.497 e. The maximum atomic E-state index is 5.67. The molecule has 152 valence electrons. The summed E-state index contributed by atoms with van der Waals surface area (Å²) in [6.07, 6.45) is 3.06. The van der Waals surface area contributed by atoms with E-state index >= 15 is 0 Å². The van der Waals surface area contributed by atoms with Crippen molar-refractivity contribution in [2.45, 2.75) is 19.0 Å². The summed E-state index contributed by atoms with van der Waals surface area (Å²) in [5.41, 5.74) is 3.35. The van der Waals surface area contributed by atoms with Gasteiger partial charge in [0.05, 0.1) is 38.8 Å². The van der Waals surface area contributed by atoms with Crippen LogP contribution in [0.5, 0.6) is 5.75 Å². The van der Waals surface area contributed by atoms with E-state index in [-0.39, 0.29) is 0 Å². The number of ether oxygens (including phenoxy) is 3. The smallest absolute Gasteiger partial charge is 0.118 e. The molecule has 2 aliphatic heterocycles. The van der Waals surface area contributed by atoms with Gasteiger partial charge in [0, 0.05) is 55.9 Å². The maximum Gasteiger partial charge on any atom is 0.118 e. The van der Waals surface area contributed by atoms with E-state index in [2.05, 4.69) is 32.5 Å². The number of methoxy groups -OCH3 is 1. The first-order chi connectivity index (χ1) is 13.8. The summed E-state index contributed by atoms with van der Waals surface area (Å²) in [6.45, 7) is 7.15. The van der Waals surface area contributed by atoms with Crippen LogP contribution in [0.3, 0.4) is 0 Å². The molecule has 2 aromatic rings. The molecular weight excluding hydrogens is 356 g/mol. The molecule has 2 fully saturated rings. The van der Waals surface area contributed by atoms with Crippen molar-refractivity contribution in [2.24, 2.45) is 5.92 Å². The van der Waals surface area contributed by atoms with Gasteiger partial charge >= 0.3 is 0 Å². The van der Waals surface area contributed by atoms with Crippen LogP contribution < -0.4 is 10.1 Å². The molecule has 0 bridgehead atoms. The largest absolute Gasteiger partial charge is 0.497 e. The van der Waals surface area contributed by atoms with Crippen molar-refractivity contribution in [2.75, 3.05) is 53.2 Å². The van der Waals surface area contributed by atoms with E-state index in [1.165, 1.54) is 5.56 Å². The van der Waals surface area contributed by atoms with Gasteiger partial charge in [-0.1, -0.05) is 0 Å². The maximum absolute atomic E-state index is 5.67. The fraction of sp³-hybridized carbons (Fsp3) is 0.571. The molecule has 0 aliphatic carbocycles. The number of aromatic amines is 1. The number of hydrogen-bond acceptors (Lipinski definition) is 6. The van der Waals surface area contributed by atoms with Gasteiger partial charge in [-0.25, -0.2) is 0 Å². The minimum absolute atomic E-state index is 0.489. The van der Waals surface area contributed by atoms with E-state index in [4.69, 9.17) is 14.2 Å². The fourth-order valence-electron chi connectivity index (χ4n) is 4.17. The number of aromatic nitrogens is 2. The number of hydrogen-bond donors (Lipinski definition) is 2. The van der Waals surface area contributed by atoms with Gasteiger partial charge in [0.15, 0.2) is 0 Å². The first kappa shape index (κ1) is 19.4. The number of morpholine rings is 1. The summed E-state index contributed by atoms with van der Waals surface area (Å²) in [5.74, 6) is 1.45. The number of rotatable bonds is 8. The van der Waals surface area contributed by atoms with Crippen molar-refractivity contribution in [1.82, 2.24) is 20.4 Å². The highest BCUT2D eigenvalue weighted by Crippen LogP contribution is 2.25. The third-order valence-electron chi connectivity index (χ3n) is 5.79. The van der Waals surface area contributed by atoms with Crippen molar-refractivity contribution < 1.29 is 14.2 Å². The molecule has 2 saturated heterocycles. The fourth-order valence-corrected chi connectivity index (χ4v) is 4.17. The van der Waals surface area contributed by atoms with Gasteiger partial charge in [0.1, 0.15) is 5.75 Å². The Balaban J connectivity index is 1.38. The van der Waals surface area contributed by atoms with E-state index < -0.39 is 0 Å². The summed E-state index contributed by atoms with van der Waals surface area (Å²) < 4.78 is 16.5. The minimum atomic E-state index is 0.489. The topological polar surface area (TPSA) is 71.6 Å². The Hall–Kier alpha value is -1.93. The zero-order valence-electron chi connectivity index (χ0n) is 16.5. The average Bonchev–Trinajstić information content (AvgIpc) is 3.44. The van der Waals surface area contributed by atoms with Crippen LogP contribution in [0.2, 0.25) is 0 Å². The normalized spacial score (nSPS) is 21.7. The van der Waals surface area contributed by atoms with Gasteiger partial charge in [0.25, 0.3) is 0 Å². The van der Waals surface area contributed by atoms with Gasteiger partial charge < -0.3 is 19.5 Å². The van der Waals surface area contributed by atoms with Crippen LogP contribution in [0.4, 0.5) is 0 Å². The van der Waals surface area contributed by atoms with Gasteiger partial charge in [-0.15, -0.1) is 0 Å². The molecule has 2 unspecified atom stereocenters. The monoisotopic (exact) mass is 386 g/mol. The molecule has 4 rings (SSSR count). The average molecular weight is 386 g/mol. The molecule has 28 heavy (non-hydrogen) atoms. The predicted molar refractivity (Wildman–Crippen MR) is 107 cm³/mol. The highest BCUT2D eigenvalue weighted by Gasteiger charge is 2.31. The predicted octanol–water partition coefficient (Wildman–Crippen LogP) is 1.91. The Bertz CT molecular complexity index is 722. The van der Waals surface area contributed by atoms with Crippen molar-refractivity contribution in [1.29, 1.82) is 0 Å². The SMILES string of the molecule is COc1ccc(-c2[nH]ncc2CNCC(C2CCOC2)N2CCOCC2)cc1. The van der Waals surface area contributed by atoms with Crippen molar-refractivity contribution in [3.8, 4) is 17.0 Å². The molecule has 0 amide bonds. The first-order valence-corrected chi connectivity index (χ1v) is 10.1. The Labute approximate surface area is 166 Å². The third kappa shape index (κ3) is 4.55. The number of H-pyrrole nitrogens is 1. The van der Waals surface area contributed by atoms with Crippen LogP contribution in [0.1, 0.15) is 12.0 Å². The summed E-state index contributed by atoms with van der Waals surface area (Å²) >= 11 is 0. The summed E-state index contributed by atoms with van der Waals surface area (Å²) in [4.78, 5) is 2.57. The molecule has 2 aliphatic rings. The second-order valence-electron chi connectivity index (χ2n) is 7.47. The molecule has 2 N–H and O–H groups in total. The third-order valence-corrected chi connectivity index (χ3v) is 5.79. The zero-order valence-corrected chi connectivity index (χ0v) is 16.5. The molecule has 1 aromatic heterocycles. The van der Waals surface area contributed by atoms with Gasteiger partial charge in [-0.3, -0.25) is 10.00 Å². The Kier molecular flexibility index (Phi) is 6.59. The Morgan fingerprint density at radius 1 is 1.21 bits per heavy atom. The van der Waals surface area contributed by atoms with Crippen molar-refractivity contribution >= 4 is 0 Å². The number of nitrogens with zero attached hydrogens (tertiary/aromatic N) is 2. The van der Waals surface area contributed by atoms with Crippen molar-refractivity contribution in [3.63, 3.8) is 0 Å². The van der Waals surface area contributed by atoms with E-state index in [9.17, 15) is 0 Å².